The molecule has 0 aromatic heterocycles. The van der Waals surface area contributed by atoms with Gasteiger partial charge in [0.1, 0.15) is 0 Å². The van der Waals surface area contributed by atoms with E-state index in [9.17, 15) is 0 Å². The van der Waals surface area contributed by atoms with E-state index in [1.165, 1.54) is 51.4 Å². The molecule has 12 fully saturated rings. The van der Waals surface area contributed by atoms with E-state index in [-0.39, 0.29) is 0 Å². The van der Waals surface area contributed by atoms with E-state index in [1.54, 1.807) is 49.7 Å². The molecule has 0 heterocycles. The molecule has 0 spiro atoms. The summed E-state index contributed by atoms with van der Waals surface area (Å²) < 4.78 is 0. The fourth-order valence-electron chi connectivity index (χ4n) is 25.7. The van der Waals surface area contributed by atoms with Gasteiger partial charge in [0, 0.05) is 0 Å². The largest absolute Gasteiger partial charge is 0.0625 e. The quantitative estimate of drug-likeness (QED) is 0.219. The van der Waals surface area contributed by atoms with Gasteiger partial charge in [-0.15, -0.1) is 0 Å². The normalized spacial score (nSPS) is 43.1. The second-order valence-corrected chi connectivity index (χ2v) is 36.3. The molecular formula is C79H138. The van der Waals surface area contributed by atoms with E-state index in [0.717, 1.165) is 183 Å². The van der Waals surface area contributed by atoms with Crippen molar-refractivity contribution in [2.24, 2.45) is 188 Å². The third-order valence-corrected chi connectivity index (χ3v) is 28.5. The van der Waals surface area contributed by atoms with Gasteiger partial charge in [-0.2, -0.15) is 0 Å². The van der Waals surface area contributed by atoms with Gasteiger partial charge >= 0.3 is 0 Å². The molecule has 12 bridgehead atoms. The Bertz CT molecular complexity index is 1970. The molecule has 0 nitrogen and oxygen atoms in total. The highest BCUT2D eigenvalue weighted by Gasteiger charge is 2.66. The van der Waals surface area contributed by atoms with Crippen molar-refractivity contribution in [3.63, 3.8) is 0 Å². The van der Waals surface area contributed by atoms with Crippen molar-refractivity contribution in [1.82, 2.24) is 0 Å². The molecule has 0 N–H and O–H groups in total. The average Bonchev–Trinajstić information content (AvgIpc) is 3.90. The molecule has 0 heteroatoms. The molecule has 15 rings (SSSR count). The average molecular weight is 1090 g/mol. The van der Waals surface area contributed by atoms with Gasteiger partial charge < -0.3 is 0 Å². The van der Waals surface area contributed by atoms with E-state index in [4.69, 9.17) is 0 Å². The second kappa shape index (κ2) is 24.9. The number of rotatable bonds is 10. The van der Waals surface area contributed by atoms with Gasteiger partial charge in [-0.05, 0) is 301 Å². The van der Waals surface area contributed by atoms with Crippen molar-refractivity contribution in [3.8, 4) is 0 Å². The van der Waals surface area contributed by atoms with Crippen LogP contribution in [-0.2, 0) is 0 Å². The molecule has 0 amide bonds. The molecule has 0 radical (unpaired) electrons. The lowest BCUT2D eigenvalue weighted by Crippen LogP contribution is -2.57. The minimum Gasteiger partial charge on any atom is -0.0625 e. The molecule has 0 saturated heterocycles. The topological polar surface area (TPSA) is 0 Å². The fourth-order valence-corrected chi connectivity index (χ4v) is 25.7. The van der Waals surface area contributed by atoms with Crippen LogP contribution in [0.25, 0.3) is 0 Å². The summed E-state index contributed by atoms with van der Waals surface area (Å²) in [6, 6.07) is 9.28. The van der Waals surface area contributed by atoms with E-state index in [2.05, 4.69) is 197 Å². The first-order valence-electron chi connectivity index (χ1n) is 35.9. The van der Waals surface area contributed by atoms with Gasteiger partial charge in [-0.3, -0.25) is 0 Å². The van der Waals surface area contributed by atoms with Crippen molar-refractivity contribution in [1.29, 1.82) is 0 Å². The summed E-state index contributed by atoms with van der Waals surface area (Å²) in [7, 11) is 0. The van der Waals surface area contributed by atoms with Gasteiger partial charge in [0.05, 0.1) is 0 Å². The molecule has 20 atom stereocenters. The van der Waals surface area contributed by atoms with Crippen molar-refractivity contribution < 1.29 is 0 Å². The number of benzene rings is 1. The lowest BCUT2D eigenvalue weighted by Gasteiger charge is -2.64. The summed E-state index contributed by atoms with van der Waals surface area (Å²) in [5.74, 6) is 29.9. The number of fused-ring (bicyclic) bond motifs is 9. The first kappa shape index (κ1) is 64.2. The molecule has 12 saturated carbocycles. The molecule has 0 aliphatic heterocycles. The van der Waals surface area contributed by atoms with Crippen LogP contribution in [0.15, 0.2) is 24.3 Å². The van der Waals surface area contributed by atoms with Crippen LogP contribution < -0.4 is 0 Å². The predicted molar refractivity (Wildman–Crippen MR) is 347 cm³/mol. The highest BCUT2D eigenvalue weighted by molar-refractivity contribution is 5.40. The maximum atomic E-state index is 2.58. The van der Waals surface area contributed by atoms with Gasteiger partial charge in [-0.1, -0.05) is 197 Å². The zero-order valence-corrected chi connectivity index (χ0v) is 57.6. The molecule has 454 valence electrons. The van der Waals surface area contributed by atoms with E-state index in [1.807, 2.05) is 0 Å². The summed E-state index contributed by atoms with van der Waals surface area (Å²) in [5.41, 5.74) is 5.19. The maximum Gasteiger partial charge on any atom is -0.0125 e. The first-order chi connectivity index (χ1) is 36.9. The summed E-state index contributed by atoms with van der Waals surface area (Å²) in [6.45, 7) is 61.6. The minimum absolute atomic E-state index is 0.566. The monoisotopic (exact) mass is 1090 g/mol. The molecule has 14 aliphatic carbocycles. The predicted octanol–water partition coefficient (Wildman–Crippen LogP) is 23.7. The van der Waals surface area contributed by atoms with Crippen LogP contribution in [0.3, 0.4) is 0 Å². The molecule has 79 heavy (non-hydrogen) atoms. The second-order valence-electron chi connectivity index (χ2n) is 36.3. The Kier molecular flexibility index (Phi) is 20.2. The Balaban J connectivity index is 0.000000131. The smallest absolute Gasteiger partial charge is 0.0125 e. The summed E-state index contributed by atoms with van der Waals surface area (Å²) in [4.78, 5) is 0. The van der Waals surface area contributed by atoms with Crippen molar-refractivity contribution >= 4 is 0 Å². The number of hydrogen-bond acceptors (Lipinski definition) is 0. The Hall–Kier alpha value is -0.780. The van der Waals surface area contributed by atoms with Crippen LogP contribution >= 0.6 is 0 Å². The molecule has 14 aliphatic rings. The Morgan fingerprint density at radius 2 is 0.734 bits per heavy atom. The molecule has 1 aromatic rings. The SMILES string of the molecule is CC(C)[C@@H]1C2CC(C[C@@H]1C(C)C)C2(C)C.CC(C)[C@@H]1C2CC3CC(C2)CC(C3)[C@@H]1C(C)C.CC(C)[C@@H]1C2CCC(C2)[C@@H]1C(C)C.CC(C)[C@@H]1C2CCC(c3ccccc32)[C@@H]1C(C)C.CC(C)[C@H]1C2CCC(C)([C@H]1C(C)C)C2(C)C. The fraction of sp³-hybridized carbons (Fsp3) is 0.924. The van der Waals surface area contributed by atoms with Crippen LogP contribution in [0.5, 0.6) is 0 Å². The summed E-state index contributed by atoms with van der Waals surface area (Å²) in [6.07, 6.45) is 21.4. The van der Waals surface area contributed by atoms with Gasteiger partial charge in [0.25, 0.3) is 0 Å². The van der Waals surface area contributed by atoms with Crippen molar-refractivity contribution in [2.75, 3.05) is 0 Å². The minimum atomic E-state index is 0.566. The summed E-state index contributed by atoms with van der Waals surface area (Å²) >= 11 is 0. The van der Waals surface area contributed by atoms with Gasteiger partial charge in [0.15, 0.2) is 0 Å². The zero-order chi connectivity index (χ0) is 58.3. The van der Waals surface area contributed by atoms with E-state index < -0.39 is 0 Å². The van der Waals surface area contributed by atoms with Crippen LogP contribution in [-0.4, -0.2) is 0 Å². The first-order valence-corrected chi connectivity index (χ1v) is 35.9. The van der Waals surface area contributed by atoms with Crippen molar-refractivity contribution in [2.45, 2.75) is 275 Å². The highest BCUT2D eigenvalue weighted by Crippen LogP contribution is 2.73. The standard InChI is InChI=1S/C18H26.C17H30.C16H30.C15H28.C13H24/c1-11(2)17-15-9-10-16(18(17)12(3)4)14-8-6-5-7-13(14)15;1-10(2)16-14-6-12-5-13(7-14)9-15(8-12)17(16)11(3)4;1-10(2)13-12-8-9-16(7,15(12,5)6)14(13)11(3)4;1-9(2)12-7-11-8-13(15(11,5)6)14(12)10(3)4;1-8(2)12-10-5-6-11(7-10)13(12)9(3)4/h5-8,11-12,15-18H,9-10H2,1-4H3;10-17H,5-9H2,1-4H3;10-14H,8-9H2,1-7H3;9-14H,7-8H2,1-6H3;8-13H,5-7H2,1-4H3/t15?,16?,17-,18+;12?,13?,14?,15?,16-,17+;12?,13-,14-,16?;11?,12-,13?,14+;10?,11?,12-,13+/m..01./s1. The van der Waals surface area contributed by atoms with E-state index >= 15 is 0 Å². The number of hydrogen-bond donors (Lipinski definition) is 0. The Morgan fingerprint density at radius 1 is 0.342 bits per heavy atom. The molecule has 10 unspecified atom stereocenters. The van der Waals surface area contributed by atoms with Crippen LogP contribution in [0.4, 0.5) is 0 Å². The molecular weight excluding hydrogens is 949 g/mol. The zero-order valence-electron chi connectivity index (χ0n) is 57.6. The van der Waals surface area contributed by atoms with E-state index in [0.29, 0.717) is 16.2 Å². The van der Waals surface area contributed by atoms with Gasteiger partial charge in [0.2, 0.25) is 0 Å². The Labute approximate surface area is 495 Å². The van der Waals surface area contributed by atoms with Gasteiger partial charge in [-0.25, -0.2) is 0 Å². The lowest BCUT2D eigenvalue weighted by atomic mass is 9.41. The maximum absolute atomic E-state index is 2.58. The Morgan fingerprint density at radius 3 is 1.08 bits per heavy atom. The highest BCUT2D eigenvalue weighted by atomic mass is 14.7. The van der Waals surface area contributed by atoms with Crippen molar-refractivity contribution in [3.05, 3.63) is 35.4 Å². The van der Waals surface area contributed by atoms with Crippen LogP contribution in [0.1, 0.15) is 286 Å². The molecule has 1 aromatic carbocycles. The lowest BCUT2D eigenvalue weighted by molar-refractivity contribution is -0.156. The third-order valence-electron chi connectivity index (χ3n) is 28.5. The summed E-state index contributed by atoms with van der Waals surface area (Å²) in [5, 5.41) is 0. The third kappa shape index (κ3) is 11.9. The van der Waals surface area contributed by atoms with Crippen LogP contribution in [0, 0.1) is 188 Å². The van der Waals surface area contributed by atoms with Crippen LogP contribution in [0.2, 0.25) is 0 Å².